The van der Waals surface area contributed by atoms with Gasteiger partial charge in [0.05, 0.1) is 6.61 Å². The van der Waals surface area contributed by atoms with Crippen LogP contribution in [0.1, 0.15) is 11.1 Å². The van der Waals surface area contributed by atoms with Crippen LogP contribution in [-0.4, -0.2) is 18.6 Å². The molecule has 2 heterocycles. The zero-order valence-electron chi connectivity index (χ0n) is 8.66. The summed E-state index contributed by atoms with van der Waals surface area (Å²) in [7, 11) is 0. The second-order valence-corrected chi connectivity index (χ2v) is 4.88. The molecule has 2 aliphatic heterocycles. The summed E-state index contributed by atoms with van der Waals surface area (Å²) in [6, 6.07) is 5.45. The van der Waals surface area contributed by atoms with Crippen molar-refractivity contribution in [3.8, 4) is 0 Å². The Balaban J connectivity index is 2.17. The van der Waals surface area contributed by atoms with Crippen LogP contribution < -0.4 is 5.32 Å². The van der Waals surface area contributed by atoms with Crippen molar-refractivity contribution < 1.29 is 19.1 Å². The molecule has 2 amide bonds. The zero-order chi connectivity index (χ0) is 12.0. The molecule has 5 nitrogen and oxygen atoms in total. The fourth-order valence-corrected chi connectivity index (χ4v) is 2.56. The van der Waals surface area contributed by atoms with Crippen LogP contribution in [0.15, 0.2) is 22.7 Å². The highest BCUT2D eigenvalue weighted by atomic mass is 79.9. The predicted octanol–water partition coefficient (Wildman–Crippen LogP) is 1.44. The number of hydrogen-bond acceptors (Lipinski definition) is 4. The SMILES string of the molecule is O=C1NC(=O)C2(COCc3cc(Br)ccc32)O1. The van der Waals surface area contributed by atoms with Crippen LogP contribution in [0.4, 0.5) is 4.79 Å². The number of carbonyl (C=O) groups excluding carboxylic acids is 2. The number of hydrogen-bond donors (Lipinski definition) is 1. The minimum Gasteiger partial charge on any atom is -0.425 e. The predicted molar refractivity (Wildman–Crippen MR) is 60.1 cm³/mol. The summed E-state index contributed by atoms with van der Waals surface area (Å²) in [5, 5.41) is 2.14. The molecule has 1 saturated heterocycles. The lowest BCUT2D eigenvalue weighted by atomic mass is 9.88. The van der Waals surface area contributed by atoms with E-state index in [9.17, 15) is 9.59 Å². The van der Waals surface area contributed by atoms with Gasteiger partial charge >= 0.3 is 6.09 Å². The van der Waals surface area contributed by atoms with Gasteiger partial charge in [-0.05, 0) is 17.7 Å². The van der Waals surface area contributed by atoms with Gasteiger partial charge in [0.15, 0.2) is 0 Å². The number of fused-ring (bicyclic) bond motifs is 2. The van der Waals surface area contributed by atoms with E-state index in [0.29, 0.717) is 12.2 Å². The van der Waals surface area contributed by atoms with Crippen LogP contribution >= 0.6 is 15.9 Å². The Labute approximate surface area is 105 Å². The topological polar surface area (TPSA) is 64.6 Å². The van der Waals surface area contributed by atoms with Crippen molar-refractivity contribution in [2.24, 2.45) is 0 Å². The second kappa shape index (κ2) is 3.54. The van der Waals surface area contributed by atoms with E-state index in [1.807, 2.05) is 12.1 Å². The second-order valence-electron chi connectivity index (χ2n) is 3.96. The van der Waals surface area contributed by atoms with E-state index in [1.165, 1.54) is 0 Å². The highest BCUT2D eigenvalue weighted by Gasteiger charge is 2.53. The standard InChI is InChI=1S/C11H8BrNO4/c12-7-1-2-8-6(3-7)4-16-5-11(8)9(14)13-10(15)17-11/h1-3H,4-5H2,(H,13,14,15). The molecular weight excluding hydrogens is 290 g/mol. The van der Waals surface area contributed by atoms with Crippen LogP contribution in [0.25, 0.3) is 0 Å². The molecule has 0 bridgehead atoms. The molecule has 1 fully saturated rings. The number of rotatable bonds is 0. The molecule has 1 unspecified atom stereocenters. The van der Waals surface area contributed by atoms with Gasteiger partial charge in [-0.15, -0.1) is 0 Å². The summed E-state index contributed by atoms with van der Waals surface area (Å²) in [6.07, 6.45) is -0.727. The number of imide groups is 1. The third kappa shape index (κ3) is 1.48. The van der Waals surface area contributed by atoms with E-state index in [1.54, 1.807) is 6.07 Å². The molecule has 2 aliphatic rings. The first-order valence-electron chi connectivity index (χ1n) is 5.03. The first kappa shape index (κ1) is 10.7. The Morgan fingerprint density at radius 2 is 2.18 bits per heavy atom. The van der Waals surface area contributed by atoms with E-state index in [4.69, 9.17) is 9.47 Å². The molecule has 0 aliphatic carbocycles. The van der Waals surface area contributed by atoms with Crippen molar-refractivity contribution in [2.75, 3.05) is 6.61 Å². The van der Waals surface area contributed by atoms with Crippen LogP contribution in [0, 0.1) is 0 Å². The lowest BCUT2D eigenvalue weighted by molar-refractivity contribution is -0.141. The average Bonchev–Trinajstić information content (AvgIpc) is 2.54. The summed E-state index contributed by atoms with van der Waals surface area (Å²) < 4.78 is 11.4. The summed E-state index contributed by atoms with van der Waals surface area (Å²) in [5.74, 6) is -0.467. The van der Waals surface area contributed by atoms with Gasteiger partial charge in [-0.25, -0.2) is 4.79 Å². The Morgan fingerprint density at radius 1 is 1.35 bits per heavy atom. The van der Waals surface area contributed by atoms with Crippen molar-refractivity contribution in [3.05, 3.63) is 33.8 Å². The van der Waals surface area contributed by atoms with Gasteiger partial charge in [0.2, 0.25) is 5.60 Å². The van der Waals surface area contributed by atoms with Gasteiger partial charge in [-0.2, -0.15) is 0 Å². The molecule has 6 heteroatoms. The van der Waals surface area contributed by atoms with Gasteiger partial charge in [-0.1, -0.05) is 22.0 Å². The summed E-state index contributed by atoms with van der Waals surface area (Å²) in [5.41, 5.74) is 0.219. The van der Waals surface area contributed by atoms with Gasteiger partial charge in [0.25, 0.3) is 5.91 Å². The first-order chi connectivity index (χ1) is 8.12. The van der Waals surface area contributed by atoms with E-state index in [2.05, 4.69) is 21.2 Å². The normalized spacial score (nSPS) is 26.6. The monoisotopic (exact) mass is 297 g/mol. The first-order valence-corrected chi connectivity index (χ1v) is 5.82. The largest absolute Gasteiger partial charge is 0.425 e. The molecule has 0 saturated carbocycles. The molecular formula is C11H8BrNO4. The fraction of sp³-hybridized carbons (Fsp3) is 0.273. The number of amides is 2. The van der Waals surface area contributed by atoms with Gasteiger partial charge in [0.1, 0.15) is 6.61 Å². The molecule has 17 heavy (non-hydrogen) atoms. The van der Waals surface area contributed by atoms with Crippen molar-refractivity contribution in [3.63, 3.8) is 0 Å². The Morgan fingerprint density at radius 3 is 2.88 bits per heavy atom. The minimum absolute atomic E-state index is 0.0548. The van der Waals surface area contributed by atoms with Crippen LogP contribution in [-0.2, 0) is 26.5 Å². The summed E-state index contributed by atoms with van der Waals surface area (Å²) in [4.78, 5) is 23.0. The molecule has 1 aromatic rings. The maximum atomic E-state index is 11.9. The van der Waals surface area contributed by atoms with Gasteiger partial charge < -0.3 is 9.47 Å². The lowest BCUT2D eigenvalue weighted by Crippen LogP contribution is -2.44. The number of alkyl carbamates (subject to hydrolysis) is 1. The lowest BCUT2D eigenvalue weighted by Gasteiger charge is -2.31. The van der Waals surface area contributed by atoms with E-state index < -0.39 is 17.6 Å². The maximum absolute atomic E-state index is 11.9. The van der Waals surface area contributed by atoms with E-state index in [-0.39, 0.29) is 6.61 Å². The van der Waals surface area contributed by atoms with Crippen LogP contribution in [0.3, 0.4) is 0 Å². The molecule has 0 radical (unpaired) electrons. The number of carbonyl (C=O) groups is 2. The molecule has 1 aromatic carbocycles. The van der Waals surface area contributed by atoms with Crippen molar-refractivity contribution in [1.29, 1.82) is 0 Å². The zero-order valence-corrected chi connectivity index (χ0v) is 10.2. The maximum Gasteiger partial charge on any atom is 0.415 e. The number of benzene rings is 1. The van der Waals surface area contributed by atoms with Crippen molar-refractivity contribution in [2.45, 2.75) is 12.2 Å². The molecule has 3 rings (SSSR count). The Kier molecular flexibility index (Phi) is 2.24. The molecule has 1 spiro atoms. The highest BCUT2D eigenvalue weighted by molar-refractivity contribution is 9.10. The third-order valence-corrected chi connectivity index (χ3v) is 3.41. The molecule has 1 N–H and O–H groups in total. The number of nitrogens with one attached hydrogen (secondary N) is 1. The molecule has 1 atom stereocenters. The quantitative estimate of drug-likeness (QED) is 0.787. The highest BCUT2D eigenvalue weighted by Crippen LogP contribution is 2.37. The summed E-state index contributed by atoms with van der Waals surface area (Å²) >= 11 is 3.35. The minimum atomic E-state index is -1.31. The number of ether oxygens (including phenoxy) is 2. The van der Waals surface area contributed by atoms with Crippen molar-refractivity contribution >= 4 is 27.9 Å². The Hall–Kier alpha value is -1.40. The van der Waals surface area contributed by atoms with Crippen molar-refractivity contribution in [1.82, 2.24) is 5.32 Å². The Bertz CT molecular complexity index is 530. The van der Waals surface area contributed by atoms with Gasteiger partial charge in [0, 0.05) is 10.0 Å². The van der Waals surface area contributed by atoms with Gasteiger partial charge in [-0.3, -0.25) is 10.1 Å². The van der Waals surface area contributed by atoms with Crippen LogP contribution in [0.5, 0.6) is 0 Å². The smallest absolute Gasteiger partial charge is 0.415 e. The van der Waals surface area contributed by atoms with Crippen LogP contribution in [0.2, 0.25) is 0 Å². The number of halogens is 1. The van der Waals surface area contributed by atoms with E-state index >= 15 is 0 Å². The van der Waals surface area contributed by atoms with E-state index in [0.717, 1.165) is 10.0 Å². The molecule has 88 valence electrons. The third-order valence-electron chi connectivity index (χ3n) is 2.91. The average molecular weight is 298 g/mol. The summed E-state index contributed by atoms with van der Waals surface area (Å²) in [6.45, 7) is 0.459. The fourth-order valence-electron chi connectivity index (χ4n) is 2.15. The molecule has 0 aromatic heterocycles.